The first-order valence-corrected chi connectivity index (χ1v) is 14.6. The number of carbonyl (C=O) groups is 2. The lowest BCUT2D eigenvalue weighted by atomic mass is 9.84. The minimum atomic E-state index is -3.74. The van der Waals surface area contributed by atoms with E-state index in [1.165, 1.54) is 7.11 Å². The number of para-hydroxylation sites is 1. The fraction of sp³-hybridized carbons (Fsp3) is 0.355. The average molecular weight is 552 g/mol. The molecule has 8 heteroatoms. The number of anilines is 1. The molecule has 7 nitrogen and oxygen atoms in total. The monoisotopic (exact) mass is 551 g/mol. The molecule has 0 fully saturated rings. The smallest absolute Gasteiger partial charge is 0.309 e. The molecule has 1 N–H and O–H groups in total. The van der Waals surface area contributed by atoms with Gasteiger partial charge in [-0.3, -0.25) is 14.3 Å². The van der Waals surface area contributed by atoms with Crippen molar-refractivity contribution in [2.75, 3.05) is 11.8 Å². The van der Waals surface area contributed by atoms with E-state index in [1.807, 2.05) is 51.1 Å². The molecule has 39 heavy (non-hydrogen) atoms. The van der Waals surface area contributed by atoms with Crippen LogP contribution in [0, 0.1) is 18.8 Å². The van der Waals surface area contributed by atoms with Crippen molar-refractivity contribution >= 4 is 27.6 Å². The van der Waals surface area contributed by atoms with Crippen LogP contribution in [0.15, 0.2) is 83.8 Å². The molecule has 208 valence electrons. The molecule has 3 aromatic carbocycles. The summed E-state index contributed by atoms with van der Waals surface area (Å²) in [6, 6.07) is 23.1. The first kappa shape index (κ1) is 29.9. The molecule has 0 heterocycles. The summed E-state index contributed by atoms with van der Waals surface area (Å²) < 4.78 is 38.8. The number of hydrogen-bond acceptors (Lipinski definition) is 6. The molecule has 0 saturated carbocycles. The third kappa shape index (κ3) is 8.68. The Hall–Kier alpha value is -3.65. The van der Waals surface area contributed by atoms with Crippen LogP contribution in [-0.4, -0.2) is 27.5 Å². The third-order valence-corrected chi connectivity index (χ3v) is 8.25. The van der Waals surface area contributed by atoms with Gasteiger partial charge in [0.1, 0.15) is 6.61 Å². The summed E-state index contributed by atoms with van der Waals surface area (Å²) in [5.74, 6) is -1.75. The Bertz CT molecular complexity index is 1320. The highest BCUT2D eigenvalue weighted by molar-refractivity contribution is 7.92. The van der Waals surface area contributed by atoms with Crippen molar-refractivity contribution in [3.05, 3.63) is 95.6 Å². The SMILES string of the molecule is CCC(CC(CC(C)c1ccc(S(=O)(=O)Nc2ccccc2)cc1)C(=O)OCc1ccc(C)cc1)C(=O)OC. The second-order valence-corrected chi connectivity index (χ2v) is 11.5. The number of benzene rings is 3. The van der Waals surface area contributed by atoms with E-state index in [4.69, 9.17) is 9.47 Å². The summed E-state index contributed by atoms with van der Waals surface area (Å²) in [5, 5.41) is 0. The maximum atomic E-state index is 13.2. The first-order chi connectivity index (χ1) is 18.6. The van der Waals surface area contributed by atoms with Gasteiger partial charge in [0.15, 0.2) is 0 Å². The minimum absolute atomic E-state index is 0.0871. The van der Waals surface area contributed by atoms with Crippen LogP contribution in [0.25, 0.3) is 0 Å². The Balaban J connectivity index is 1.73. The molecule has 3 aromatic rings. The van der Waals surface area contributed by atoms with Crippen LogP contribution in [-0.2, 0) is 35.7 Å². The van der Waals surface area contributed by atoms with Gasteiger partial charge in [0, 0.05) is 5.69 Å². The second kappa shape index (κ2) is 13.9. The van der Waals surface area contributed by atoms with Gasteiger partial charge in [0.25, 0.3) is 10.0 Å². The summed E-state index contributed by atoms with van der Waals surface area (Å²) in [6.07, 6.45) is 1.30. The molecule has 0 spiro atoms. The molecular formula is C31H37NO6S. The Labute approximate surface area is 231 Å². The summed E-state index contributed by atoms with van der Waals surface area (Å²) >= 11 is 0. The lowest BCUT2D eigenvalue weighted by Gasteiger charge is -2.23. The second-order valence-electron chi connectivity index (χ2n) is 9.83. The van der Waals surface area contributed by atoms with Crippen molar-refractivity contribution in [2.24, 2.45) is 11.8 Å². The van der Waals surface area contributed by atoms with Gasteiger partial charge in [-0.1, -0.05) is 74.0 Å². The normalized spacial score (nSPS) is 13.6. The van der Waals surface area contributed by atoms with E-state index in [-0.39, 0.29) is 29.4 Å². The number of carbonyl (C=O) groups excluding carboxylic acids is 2. The Morgan fingerprint density at radius 2 is 1.49 bits per heavy atom. The van der Waals surface area contributed by atoms with Gasteiger partial charge in [0.2, 0.25) is 0 Å². The molecule has 3 unspecified atom stereocenters. The quantitative estimate of drug-likeness (QED) is 0.253. The van der Waals surface area contributed by atoms with Crippen LogP contribution in [0.1, 0.15) is 55.7 Å². The highest BCUT2D eigenvalue weighted by Gasteiger charge is 2.30. The Morgan fingerprint density at radius 1 is 0.846 bits per heavy atom. The molecule has 0 aliphatic heterocycles. The van der Waals surface area contributed by atoms with E-state index in [9.17, 15) is 18.0 Å². The molecule has 0 radical (unpaired) electrons. The molecule has 0 saturated heterocycles. The number of methoxy groups -OCH3 is 1. The number of rotatable bonds is 13. The van der Waals surface area contributed by atoms with E-state index < -0.39 is 21.9 Å². The Kier molecular flexibility index (Phi) is 10.7. The van der Waals surface area contributed by atoms with E-state index in [2.05, 4.69) is 4.72 Å². The van der Waals surface area contributed by atoms with Gasteiger partial charge in [-0.25, -0.2) is 8.42 Å². The van der Waals surface area contributed by atoms with Gasteiger partial charge in [0.05, 0.1) is 23.8 Å². The van der Waals surface area contributed by atoms with Gasteiger partial charge in [-0.05, 0) is 67.5 Å². The number of esters is 2. The van der Waals surface area contributed by atoms with Crippen molar-refractivity contribution in [3.63, 3.8) is 0 Å². The van der Waals surface area contributed by atoms with Gasteiger partial charge in [-0.15, -0.1) is 0 Å². The molecule has 0 amide bonds. The van der Waals surface area contributed by atoms with E-state index in [1.54, 1.807) is 48.5 Å². The number of ether oxygens (including phenoxy) is 2. The zero-order valence-corrected chi connectivity index (χ0v) is 23.7. The molecule has 0 aliphatic rings. The lowest BCUT2D eigenvalue weighted by molar-refractivity contribution is -0.153. The van der Waals surface area contributed by atoms with Crippen molar-refractivity contribution < 1.29 is 27.5 Å². The van der Waals surface area contributed by atoms with Crippen molar-refractivity contribution in [2.45, 2.75) is 57.5 Å². The van der Waals surface area contributed by atoms with Crippen molar-refractivity contribution in [1.82, 2.24) is 0 Å². The van der Waals surface area contributed by atoms with Gasteiger partial charge in [-0.2, -0.15) is 0 Å². The highest BCUT2D eigenvalue weighted by atomic mass is 32.2. The van der Waals surface area contributed by atoms with Crippen LogP contribution in [0.4, 0.5) is 5.69 Å². The van der Waals surface area contributed by atoms with Crippen LogP contribution in [0.5, 0.6) is 0 Å². The van der Waals surface area contributed by atoms with E-state index in [0.29, 0.717) is 24.9 Å². The number of sulfonamides is 1. The third-order valence-electron chi connectivity index (χ3n) is 6.85. The molecule has 3 atom stereocenters. The van der Waals surface area contributed by atoms with Gasteiger partial charge < -0.3 is 9.47 Å². The fourth-order valence-electron chi connectivity index (χ4n) is 4.44. The van der Waals surface area contributed by atoms with Crippen molar-refractivity contribution in [1.29, 1.82) is 0 Å². The molecule has 0 bridgehead atoms. The van der Waals surface area contributed by atoms with Crippen LogP contribution in [0.3, 0.4) is 0 Å². The lowest BCUT2D eigenvalue weighted by Crippen LogP contribution is -2.26. The molecule has 3 rings (SSSR count). The Morgan fingerprint density at radius 3 is 2.08 bits per heavy atom. The number of aryl methyl sites for hydroxylation is 1. The van der Waals surface area contributed by atoms with E-state index in [0.717, 1.165) is 16.7 Å². The molecule has 0 aliphatic carbocycles. The van der Waals surface area contributed by atoms with E-state index >= 15 is 0 Å². The number of hydrogen-bond donors (Lipinski definition) is 1. The summed E-state index contributed by atoms with van der Waals surface area (Å²) in [5.41, 5.74) is 3.38. The maximum absolute atomic E-state index is 13.2. The predicted octanol–water partition coefficient (Wildman–Crippen LogP) is 6.24. The van der Waals surface area contributed by atoms with Crippen molar-refractivity contribution in [3.8, 4) is 0 Å². The average Bonchev–Trinajstić information content (AvgIpc) is 2.94. The highest BCUT2D eigenvalue weighted by Crippen LogP contribution is 2.30. The van der Waals surface area contributed by atoms with Crippen LogP contribution in [0.2, 0.25) is 0 Å². The molecule has 0 aromatic heterocycles. The number of nitrogens with one attached hydrogen (secondary N) is 1. The predicted molar refractivity (Wildman–Crippen MR) is 152 cm³/mol. The zero-order chi connectivity index (χ0) is 28.4. The van der Waals surface area contributed by atoms with Gasteiger partial charge >= 0.3 is 11.9 Å². The summed E-state index contributed by atoms with van der Waals surface area (Å²) in [4.78, 5) is 25.6. The summed E-state index contributed by atoms with van der Waals surface area (Å²) in [6.45, 7) is 6.01. The zero-order valence-electron chi connectivity index (χ0n) is 22.9. The standard InChI is InChI=1S/C31H37NO6S/c1-5-25(30(33)37-4)20-27(31(34)38-21-24-13-11-22(2)12-14-24)19-23(3)26-15-17-29(18-16-26)39(35,36)32-28-9-7-6-8-10-28/h6-18,23,25,27,32H,5,19-21H2,1-4H3. The maximum Gasteiger partial charge on any atom is 0.309 e. The van der Waals surface area contributed by atoms with Crippen LogP contribution >= 0.6 is 0 Å². The largest absolute Gasteiger partial charge is 0.469 e. The molecular weight excluding hydrogens is 514 g/mol. The first-order valence-electron chi connectivity index (χ1n) is 13.1. The topological polar surface area (TPSA) is 98.8 Å². The van der Waals surface area contributed by atoms with Crippen LogP contribution < -0.4 is 4.72 Å². The summed E-state index contributed by atoms with van der Waals surface area (Å²) in [7, 11) is -2.39. The fourth-order valence-corrected chi connectivity index (χ4v) is 5.50. The minimum Gasteiger partial charge on any atom is -0.469 e.